The second kappa shape index (κ2) is 16.9. The molecule has 47 heavy (non-hydrogen) atoms. The highest BCUT2D eigenvalue weighted by atomic mass is 19.1. The topological polar surface area (TPSA) is 96.3 Å². The monoisotopic (exact) mass is 650 g/mol. The van der Waals surface area contributed by atoms with Gasteiger partial charge in [-0.25, -0.2) is 8.78 Å². The zero-order valence-electron chi connectivity index (χ0n) is 27.8. The minimum atomic E-state index is -1.16. The Hall–Kier alpha value is -3.70. The maximum Gasteiger partial charge on any atom is 0.253 e. The lowest BCUT2D eigenvalue weighted by Gasteiger charge is -2.43. The first-order chi connectivity index (χ1) is 22.5. The Morgan fingerprint density at radius 2 is 1.57 bits per heavy atom. The van der Waals surface area contributed by atoms with Crippen LogP contribution in [0.3, 0.4) is 0 Å². The Balaban J connectivity index is 1.60. The summed E-state index contributed by atoms with van der Waals surface area (Å²) in [4.78, 5) is 33.0. The highest BCUT2D eigenvalue weighted by molar-refractivity contribution is 6.00. The molecule has 4 atom stereocenters. The summed E-state index contributed by atoms with van der Waals surface area (Å²) in [6.45, 7) is 8.97. The molecule has 1 saturated heterocycles. The summed E-state index contributed by atoms with van der Waals surface area (Å²) < 4.78 is 28.4. The molecule has 8 nitrogen and oxygen atoms in total. The van der Waals surface area contributed by atoms with E-state index in [0.29, 0.717) is 38.3 Å². The number of rotatable bonds is 14. The number of β-amino-alcohol motifs (C(OH)–C–C–N with tert-alkyl or cyclic N) is 1. The van der Waals surface area contributed by atoms with Crippen molar-refractivity contribution < 1.29 is 28.6 Å². The van der Waals surface area contributed by atoms with Crippen LogP contribution in [0.25, 0.3) is 0 Å². The standard InChI is InChI=1S/C37H48F2N4O4/c1-5-12-42(13-6-2)37(47)29-17-25(3)16-28(21-29)36(46)40-32(20-26-18-30(38)22-31(39)19-26)34(44)24-43-15-14-41(4)23-33(43)35(45)27-10-8-7-9-11-27/h7-11,16-19,21-22,32-35,44-45H,5-6,12-15,20,23-24H2,1-4H3,(H,40,46)/t32-,33?,34+,35?/m0/s1. The zero-order chi connectivity index (χ0) is 34.1. The largest absolute Gasteiger partial charge is 0.390 e. The molecular weight excluding hydrogens is 602 g/mol. The third-order valence-electron chi connectivity index (χ3n) is 8.68. The number of halogens is 2. The van der Waals surface area contributed by atoms with E-state index in [4.69, 9.17) is 0 Å². The van der Waals surface area contributed by atoms with Crippen LogP contribution in [0.1, 0.15) is 70.2 Å². The summed E-state index contributed by atoms with van der Waals surface area (Å²) in [5, 5.41) is 25.9. The van der Waals surface area contributed by atoms with E-state index in [1.54, 1.807) is 23.1 Å². The number of aryl methyl sites for hydroxylation is 1. The van der Waals surface area contributed by atoms with Gasteiger partial charge in [-0.2, -0.15) is 0 Å². The van der Waals surface area contributed by atoms with E-state index in [2.05, 4.69) is 10.2 Å². The second-order valence-corrected chi connectivity index (χ2v) is 12.7. The molecule has 0 spiro atoms. The normalized spacial score (nSPS) is 17.6. The molecule has 2 amide bonds. The Labute approximate surface area is 277 Å². The minimum absolute atomic E-state index is 0.0420. The van der Waals surface area contributed by atoms with Crippen molar-refractivity contribution in [3.63, 3.8) is 0 Å². The number of hydrogen-bond acceptors (Lipinski definition) is 6. The molecule has 0 radical (unpaired) electrons. The lowest BCUT2D eigenvalue weighted by Crippen LogP contribution is -2.58. The smallest absolute Gasteiger partial charge is 0.253 e. The molecule has 1 aliphatic heterocycles. The van der Waals surface area contributed by atoms with Gasteiger partial charge in [-0.05, 0) is 80.3 Å². The molecule has 3 aromatic rings. The number of aliphatic hydroxyl groups is 2. The molecule has 3 N–H and O–H groups in total. The molecule has 0 bridgehead atoms. The lowest BCUT2D eigenvalue weighted by atomic mass is 9.96. The fraction of sp³-hybridized carbons (Fsp3) is 0.459. The van der Waals surface area contributed by atoms with Gasteiger partial charge >= 0.3 is 0 Å². The molecule has 0 aliphatic carbocycles. The van der Waals surface area contributed by atoms with Gasteiger partial charge in [0.15, 0.2) is 0 Å². The van der Waals surface area contributed by atoms with Crippen LogP contribution < -0.4 is 5.32 Å². The van der Waals surface area contributed by atoms with Crippen LogP contribution in [0.2, 0.25) is 0 Å². The third kappa shape index (κ3) is 9.90. The van der Waals surface area contributed by atoms with Crippen LogP contribution in [0.15, 0.2) is 66.7 Å². The van der Waals surface area contributed by atoms with Crippen molar-refractivity contribution in [3.8, 4) is 0 Å². The average molecular weight is 651 g/mol. The van der Waals surface area contributed by atoms with Crippen molar-refractivity contribution in [3.05, 3.63) is 106 Å². The van der Waals surface area contributed by atoms with Crippen molar-refractivity contribution in [2.24, 2.45) is 0 Å². The van der Waals surface area contributed by atoms with Crippen LogP contribution in [-0.4, -0.2) is 101 Å². The van der Waals surface area contributed by atoms with Gasteiger partial charge < -0.3 is 25.3 Å². The number of carbonyl (C=O) groups is 2. The van der Waals surface area contributed by atoms with Crippen molar-refractivity contribution in [2.75, 3.05) is 46.3 Å². The Morgan fingerprint density at radius 1 is 0.936 bits per heavy atom. The summed E-state index contributed by atoms with van der Waals surface area (Å²) in [6.07, 6.45) is -0.405. The molecule has 4 rings (SSSR count). The van der Waals surface area contributed by atoms with E-state index in [-0.39, 0.29) is 36.0 Å². The molecule has 0 aromatic heterocycles. The van der Waals surface area contributed by atoms with Crippen molar-refractivity contribution in [1.82, 2.24) is 20.0 Å². The summed E-state index contributed by atoms with van der Waals surface area (Å²) in [7, 11) is 1.98. The van der Waals surface area contributed by atoms with E-state index in [0.717, 1.165) is 30.0 Å². The van der Waals surface area contributed by atoms with Gasteiger partial charge in [0.1, 0.15) is 11.6 Å². The predicted octanol–water partition coefficient (Wildman–Crippen LogP) is 4.59. The predicted molar refractivity (Wildman–Crippen MR) is 179 cm³/mol. The van der Waals surface area contributed by atoms with E-state index in [1.165, 1.54) is 12.1 Å². The minimum Gasteiger partial charge on any atom is -0.390 e. The number of hydrogen-bond donors (Lipinski definition) is 3. The van der Waals surface area contributed by atoms with Gasteiger partial charge in [0.25, 0.3) is 11.8 Å². The molecule has 0 saturated carbocycles. The maximum atomic E-state index is 14.2. The Kier molecular flexibility index (Phi) is 13.0. The van der Waals surface area contributed by atoms with Gasteiger partial charge in [0, 0.05) is 56.5 Å². The average Bonchev–Trinajstić information content (AvgIpc) is 3.04. The SMILES string of the molecule is CCCN(CCC)C(=O)c1cc(C)cc(C(=O)N[C@@H](Cc2cc(F)cc(F)c2)[C@H](O)CN2CCN(C)CC2C(O)c2ccccc2)c1. The van der Waals surface area contributed by atoms with Crippen molar-refractivity contribution in [1.29, 1.82) is 0 Å². The number of benzene rings is 3. The number of aliphatic hydroxyl groups excluding tert-OH is 2. The van der Waals surface area contributed by atoms with Gasteiger partial charge in [-0.15, -0.1) is 0 Å². The van der Waals surface area contributed by atoms with Crippen molar-refractivity contribution in [2.45, 2.75) is 64.3 Å². The van der Waals surface area contributed by atoms with Crippen LogP contribution in [0.5, 0.6) is 0 Å². The first-order valence-electron chi connectivity index (χ1n) is 16.5. The number of likely N-dealkylation sites (N-methyl/N-ethyl adjacent to an activating group) is 1. The van der Waals surface area contributed by atoms with Crippen LogP contribution in [0, 0.1) is 18.6 Å². The first kappa shape index (κ1) is 36.1. The number of nitrogens with zero attached hydrogens (tertiary/aromatic N) is 3. The summed E-state index contributed by atoms with van der Waals surface area (Å²) in [5.41, 5.74) is 2.42. The molecule has 3 aromatic carbocycles. The first-order valence-corrected chi connectivity index (χ1v) is 16.5. The van der Waals surface area contributed by atoms with Crippen LogP contribution in [0.4, 0.5) is 8.78 Å². The summed E-state index contributed by atoms with van der Waals surface area (Å²) in [5.74, 6) is -2.18. The van der Waals surface area contributed by atoms with Gasteiger partial charge in [0.2, 0.25) is 0 Å². The molecule has 1 heterocycles. The summed E-state index contributed by atoms with van der Waals surface area (Å²) >= 11 is 0. The summed E-state index contributed by atoms with van der Waals surface area (Å²) in [6, 6.07) is 16.2. The molecule has 1 fully saturated rings. The quantitative estimate of drug-likeness (QED) is 0.236. The zero-order valence-corrected chi connectivity index (χ0v) is 27.8. The highest BCUT2D eigenvalue weighted by Gasteiger charge is 2.35. The highest BCUT2D eigenvalue weighted by Crippen LogP contribution is 2.25. The van der Waals surface area contributed by atoms with Crippen LogP contribution in [-0.2, 0) is 6.42 Å². The number of piperazine rings is 1. The molecule has 10 heteroatoms. The van der Waals surface area contributed by atoms with E-state index < -0.39 is 35.8 Å². The van der Waals surface area contributed by atoms with Gasteiger partial charge in [-0.1, -0.05) is 44.2 Å². The number of nitrogens with one attached hydrogen (secondary N) is 1. The third-order valence-corrected chi connectivity index (χ3v) is 8.68. The van der Waals surface area contributed by atoms with Crippen LogP contribution >= 0.6 is 0 Å². The van der Waals surface area contributed by atoms with E-state index in [1.807, 2.05) is 63.1 Å². The maximum absolute atomic E-state index is 14.2. The van der Waals surface area contributed by atoms with E-state index in [9.17, 15) is 28.6 Å². The fourth-order valence-corrected chi connectivity index (χ4v) is 6.35. The van der Waals surface area contributed by atoms with Crippen molar-refractivity contribution >= 4 is 11.8 Å². The molecule has 2 unspecified atom stereocenters. The Morgan fingerprint density at radius 3 is 2.21 bits per heavy atom. The molecule has 1 aliphatic rings. The molecular formula is C37H48F2N4O4. The Bertz CT molecular complexity index is 1460. The second-order valence-electron chi connectivity index (χ2n) is 12.7. The van der Waals surface area contributed by atoms with Gasteiger partial charge in [0.05, 0.1) is 24.3 Å². The van der Waals surface area contributed by atoms with Gasteiger partial charge in [-0.3, -0.25) is 14.5 Å². The number of carbonyl (C=O) groups excluding carboxylic acids is 2. The number of amides is 2. The fourth-order valence-electron chi connectivity index (χ4n) is 6.35. The molecule has 254 valence electrons. The lowest BCUT2D eigenvalue weighted by molar-refractivity contribution is -0.0268. The van der Waals surface area contributed by atoms with E-state index >= 15 is 0 Å².